The Kier molecular flexibility index (Phi) is 4.36. The average Bonchev–Trinajstić information content (AvgIpc) is 3.48. The molecule has 1 aliphatic rings. The number of hydrogen-bond acceptors (Lipinski definition) is 6. The molecule has 31 heavy (non-hydrogen) atoms. The largest absolute Gasteiger partial charge is 0.497 e. The molecular weight excluding hydrogens is 398 g/mol. The van der Waals surface area contributed by atoms with E-state index in [1.54, 1.807) is 31.4 Å². The maximum absolute atomic E-state index is 12.8. The lowest BCUT2D eigenvalue weighted by Gasteiger charge is -2.04. The number of hydrogen-bond donors (Lipinski definition) is 0. The SMILES string of the molecule is COc1ccc2c(c1)c(C=C1Oc3cc(OC(=O)c4ccco4)ccc3C1=O)cn2C. The summed E-state index contributed by atoms with van der Waals surface area (Å²) in [6, 6.07) is 13.5. The van der Waals surface area contributed by atoms with Gasteiger partial charge in [0.25, 0.3) is 0 Å². The Hall–Kier alpha value is -4.26. The molecule has 4 aromatic rings. The molecule has 0 aliphatic carbocycles. The van der Waals surface area contributed by atoms with Crippen molar-refractivity contribution < 1.29 is 28.2 Å². The molecule has 2 aromatic heterocycles. The molecule has 0 amide bonds. The third-order valence-electron chi connectivity index (χ3n) is 5.09. The monoisotopic (exact) mass is 415 g/mol. The van der Waals surface area contributed by atoms with Crippen LogP contribution < -0.4 is 14.2 Å². The highest BCUT2D eigenvalue weighted by Crippen LogP contribution is 2.36. The fraction of sp³-hybridized carbons (Fsp3) is 0.0833. The lowest BCUT2D eigenvalue weighted by molar-refractivity contribution is 0.0701. The second kappa shape index (κ2) is 7.21. The number of rotatable bonds is 4. The van der Waals surface area contributed by atoms with E-state index in [2.05, 4.69) is 0 Å². The number of aryl methyl sites for hydroxylation is 1. The van der Waals surface area contributed by atoms with Crippen molar-refractivity contribution in [2.24, 2.45) is 7.05 Å². The molecule has 0 unspecified atom stereocenters. The van der Waals surface area contributed by atoms with E-state index in [-0.39, 0.29) is 23.1 Å². The Labute approximate surface area is 177 Å². The highest BCUT2D eigenvalue weighted by molar-refractivity contribution is 6.15. The highest BCUT2D eigenvalue weighted by atomic mass is 16.5. The Balaban J connectivity index is 1.45. The van der Waals surface area contributed by atoms with Gasteiger partial charge in [0.05, 0.1) is 18.9 Å². The molecule has 0 N–H and O–H groups in total. The van der Waals surface area contributed by atoms with Gasteiger partial charge in [-0.3, -0.25) is 4.79 Å². The maximum Gasteiger partial charge on any atom is 0.379 e. The molecule has 0 saturated carbocycles. The van der Waals surface area contributed by atoms with Crippen molar-refractivity contribution in [1.29, 1.82) is 0 Å². The van der Waals surface area contributed by atoms with Crippen LogP contribution in [0.1, 0.15) is 26.5 Å². The van der Waals surface area contributed by atoms with E-state index in [4.69, 9.17) is 18.6 Å². The number of allylic oxidation sites excluding steroid dienone is 1. The predicted molar refractivity (Wildman–Crippen MR) is 113 cm³/mol. The fourth-order valence-electron chi connectivity index (χ4n) is 3.57. The van der Waals surface area contributed by atoms with Crippen molar-refractivity contribution >= 4 is 28.7 Å². The zero-order valence-corrected chi connectivity index (χ0v) is 16.7. The number of fused-ring (bicyclic) bond motifs is 2. The average molecular weight is 415 g/mol. The number of carbonyl (C=O) groups excluding carboxylic acids is 2. The van der Waals surface area contributed by atoms with Gasteiger partial charge in [0.15, 0.2) is 5.76 Å². The van der Waals surface area contributed by atoms with Gasteiger partial charge in [-0.05, 0) is 48.5 Å². The van der Waals surface area contributed by atoms with E-state index >= 15 is 0 Å². The number of furan rings is 1. The normalized spacial score (nSPS) is 14.0. The minimum Gasteiger partial charge on any atom is -0.497 e. The summed E-state index contributed by atoms with van der Waals surface area (Å²) in [5, 5.41) is 0.940. The number of benzene rings is 2. The van der Waals surface area contributed by atoms with Crippen LogP contribution in [0, 0.1) is 0 Å². The van der Waals surface area contributed by atoms with Crippen LogP contribution in [0.4, 0.5) is 0 Å². The topological polar surface area (TPSA) is 79.9 Å². The number of nitrogens with zero attached hydrogens (tertiary/aromatic N) is 1. The van der Waals surface area contributed by atoms with Crippen LogP contribution in [0.2, 0.25) is 0 Å². The second-order valence-corrected chi connectivity index (χ2v) is 7.04. The van der Waals surface area contributed by atoms with Crippen molar-refractivity contribution in [2.75, 3.05) is 7.11 Å². The second-order valence-electron chi connectivity index (χ2n) is 7.04. The van der Waals surface area contributed by atoms with Gasteiger partial charge in [0, 0.05) is 35.8 Å². The molecule has 0 atom stereocenters. The van der Waals surface area contributed by atoms with Crippen LogP contribution >= 0.6 is 0 Å². The Bertz CT molecular complexity index is 1360. The van der Waals surface area contributed by atoms with Crippen LogP contribution in [0.5, 0.6) is 17.2 Å². The predicted octanol–water partition coefficient (Wildman–Crippen LogP) is 4.62. The van der Waals surface area contributed by atoms with Crippen molar-refractivity contribution in [3.63, 3.8) is 0 Å². The Morgan fingerprint density at radius 3 is 2.71 bits per heavy atom. The minimum absolute atomic E-state index is 0.0875. The summed E-state index contributed by atoms with van der Waals surface area (Å²) in [4.78, 5) is 24.9. The standard InChI is InChI=1S/C24H17NO6/c1-25-13-14(18-11-15(28-2)6-8-19(18)25)10-22-23(26)17-7-5-16(12-21(17)31-22)30-24(27)20-4-3-9-29-20/h3-13H,1-2H3. The van der Waals surface area contributed by atoms with Crippen molar-refractivity contribution in [3.8, 4) is 17.2 Å². The van der Waals surface area contributed by atoms with Crippen molar-refractivity contribution in [1.82, 2.24) is 4.57 Å². The zero-order chi connectivity index (χ0) is 21.5. The lowest BCUT2D eigenvalue weighted by atomic mass is 10.1. The van der Waals surface area contributed by atoms with Crippen LogP contribution in [-0.4, -0.2) is 23.4 Å². The third kappa shape index (κ3) is 3.26. The van der Waals surface area contributed by atoms with Crippen LogP contribution in [0.25, 0.3) is 17.0 Å². The van der Waals surface area contributed by atoms with Crippen LogP contribution in [-0.2, 0) is 7.05 Å². The number of esters is 1. The van der Waals surface area contributed by atoms with Gasteiger partial charge in [-0.1, -0.05) is 0 Å². The summed E-state index contributed by atoms with van der Waals surface area (Å²) in [6.45, 7) is 0. The van der Waals surface area contributed by atoms with Gasteiger partial charge in [0.1, 0.15) is 17.2 Å². The van der Waals surface area contributed by atoms with Gasteiger partial charge in [0.2, 0.25) is 11.5 Å². The first-order chi connectivity index (χ1) is 15.0. The van der Waals surface area contributed by atoms with Crippen molar-refractivity contribution in [3.05, 3.63) is 83.6 Å². The van der Waals surface area contributed by atoms with Crippen LogP contribution in [0.15, 0.2) is 71.2 Å². The fourth-order valence-corrected chi connectivity index (χ4v) is 3.57. The minimum atomic E-state index is -0.630. The van der Waals surface area contributed by atoms with Gasteiger partial charge >= 0.3 is 5.97 Å². The summed E-state index contributed by atoms with van der Waals surface area (Å²) >= 11 is 0. The molecule has 7 nitrogen and oxygen atoms in total. The summed E-state index contributed by atoms with van der Waals surface area (Å²) in [7, 11) is 3.54. The summed E-state index contributed by atoms with van der Waals surface area (Å²) in [6.07, 6.45) is 5.02. The third-order valence-corrected chi connectivity index (χ3v) is 5.09. The molecule has 2 aromatic carbocycles. The summed E-state index contributed by atoms with van der Waals surface area (Å²) in [5.41, 5.74) is 2.24. The summed E-state index contributed by atoms with van der Waals surface area (Å²) < 4.78 is 23.4. The van der Waals surface area contributed by atoms with E-state index in [1.165, 1.54) is 18.4 Å². The number of carbonyl (C=O) groups is 2. The molecule has 0 radical (unpaired) electrons. The molecule has 154 valence electrons. The van der Waals surface area contributed by atoms with E-state index in [1.807, 2.05) is 36.0 Å². The molecule has 0 saturated heterocycles. The number of methoxy groups -OCH3 is 1. The van der Waals surface area contributed by atoms with Crippen LogP contribution in [0.3, 0.4) is 0 Å². The first-order valence-corrected chi connectivity index (χ1v) is 9.50. The van der Waals surface area contributed by atoms with Gasteiger partial charge in [-0.25, -0.2) is 4.79 Å². The van der Waals surface area contributed by atoms with E-state index in [0.717, 1.165) is 22.2 Å². The highest BCUT2D eigenvalue weighted by Gasteiger charge is 2.28. The molecule has 0 spiro atoms. The Morgan fingerprint density at radius 1 is 1.10 bits per heavy atom. The quantitative estimate of drug-likeness (QED) is 0.275. The van der Waals surface area contributed by atoms with Gasteiger partial charge < -0.3 is 23.2 Å². The van der Waals surface area contributed by atoms with Gasteiger partial charge in [-0.15, -0.1) is 0 Å². The summed E-state index contributed by atoms with van der Waals surface area (Å²) in [5.74, 6) is 0.726. The lowest BCUT2D eigenvalue weighted by Crippen LogP contribution is -2.07. The number of ether oxygens (including phenoxy) is 3. The molecule has 5 rings (SSSR count). The molecule has 0 fully saturated rings. The first-order valence-electron chi connectivity index (χ1n) is 9.50. The van der Waals surface area contributed by atoms with E-state index < -0.39 is 5.97 Å². The molecule has 3 heterocycles. The van der Waals surface area contributed by atoms with Crippen molar-refractivity contribution in [2.45, 2.75) is 0 Å². The maximum atomic E-state index is 12.8. The van der Waals surface area contributed by atoms with E-state index in [0.29, 0.717) is 11.3 Å². The molecule has 0 bridgehead atoms. The smallest absolute Gasteiger partial charge is 0.379 e. The molecule has 7 heteroatoms. The number of ketones is 1. The zero-order valence-electron chi connectivity index (χ0n) is 16.7. The number of aromatic nitrogens is 1. The molecule has 1 aliphatic heterocycles. The first kappa shape index (κ1) is 18.7. The number of Topliss-reactive ketones (excluding diaryl/α,β-unsaturated/α-hetero) is 1. The Morgan fingerprint density at radius 2 is 1.94 bits per heavy atom. The van der Waals surface area contributed by atoms with E-state index in [9.17, 15) is 9.59 Å². The molecular formula is C24H17NO6. The van der Waals surface area contributed by atoms with Gasteiger partial charge in [-0.2, -0.15) is 0 Å².